The number of allylic oxidation sites excluding steroid dienone is 6. The summed E-state index contributed by atoms with van der Waals surface area (Å²) in [5.41, 5.74) is 0. The van der Waals surface area contributed by atoms with Crippen LogP contribution >= 0.6 is 0 Å². The highest BCUT2D eigenvalue weighted by Gasteiger charge is 2.19. The number of esters is 3. The van der Waals surface area contributed by atoms with Crippen LogP contribution < -0.4 is 0 Å². The van der Waals surface area contributed by atoms with Gasteiger partial charge in [-0.2, -0.15) is 0 Å². The minimum absolute atomic E-state index is 0.0760. The van der Waals surface area contributed by atoms with Crippen molar-refractivity contribution in [2.24, 2.45) is 0 Å². The molecule has 0 aromatic rings. The van der Waals surface area contributed by atoms with E-state index in [4.69, 9.17) is 14.2 Å². The largest absolute Gasteiger partial charge is 0.462 e. The molecule has 0 spiro atoms. The van der Waals surface area contributed by atoms with Crippen molar-refractivity contribution in [1.82, 2.24) is 0 Å². The molecule has 61 heavy (non-hydrogen) atoms. The predicted molar refractivity (Wildman–Crippen MR) is 261 cm³/mol. The summed E-state index contributed by atoms with van der Waals surface area (Å²) in [5.74, 6) is -0.888. The average molecular weight is 857 g/mol. The minimum atomic E-state index is -0.776. The van der Waals surface area contributed by atoms with Crippen LogP contribution in [0, 0.1) is 0 Å². The summed E-state index contributed by atoms with van der Waals surface area (Å²) in [6, 6.07) is 0. The van der Waals surface area contributed by atoms with Gasteiger partial charge in [0, 0.05) is 19.3 Å². The van der Waals surface area contributed by atoms with Crippen molar-refractivity contribution < 1.29 is 28.6 Å². The molecule has 1 unspecified atom stereocenters. The monoisotopic (exact) mass is 857 g/mol. The summed E-state index contributed by atoms with van der Waals surface area (Å²) in [5, 5.41) is 0. The molecule has 1 atom stereocenters. The van der Waals surface area contributed by atoms with Gasteiger partial charge in [-0.1, -0.05) is 231 Å². The van der Waals surface area contributed by atoms with Crippen molar-refractivity contribution in [3.8, 4) is 0 Å². The predicted octanol–water partition coefficient (Wildman–Crippen LogP) is 17.3. The van der Waals surface area contributed by atoms with Gasteiger partial charge in [-0.3, -0.25) is 14.4 Å². The molecule has 0 bridgehead atoms. The SMILES string of the molecule is CC/C=C\C/C=C\CCCCCCCCCC(=O)OC(COC(=O)CCCCCC/C=C\CCCC)COC(=O)CCCCCCCCCCCCCCCCCCCCC. The molecule has 0 aromatic heterocycles. The van der Waals surface area contributed by atoms with Crippen LogP contribution in [0.4, 0.5) is 0 Å². The van der Waals surface area contributed by atoms with Gasteiger partial charge in [-0.15, -0.1) is 0 Å². The molecule has 6 nitrogen and oxygen atoms in total. The summed E-state index contributed by atoms with van der Waals surface area (Å²) in [4.78, 5) is 37.9. The summed E-state index contributed by atoms with van der Waals surface area (Å²) in [6.07, 6.45) is 58.5. The van der Waals surface area contributed by atoms with Gasteiger partial charge >= 0.3 is 17.9 Å². The Hall–Kier alpha value is -2.37. The third-order valence-electron chi connectivity index (χ3n) is 11.6. The van der Waals surface area contributed by atoms with Gasteiger partial charge in [-0.25, -0.2) is 0 Å². The second-order valence-electron chi connectivity index (χ2n) is 17.8. The number of hydrogen-bond acceptors (Lipinski definition) is 6. The van der Waals surface area contributed by atoms with Crippen molar-refractivity contribution in [3.63, 3.8) is 0 Å². The molecule has 0 aliphatic heterocycles. The smallest absolute Gasteiger partial charge is 0.306 e. The number of rotatable bonds is 48. The molecule has 0 fully saturated rings. The Balaban J connectivity index is 4.28. The molecule has 0 saturated heterocycles. The zero-order chi connectivity index (χ0) is 44.4. The molecule has 0 heterocycles. The number of ether oxygens (including phenoxy) is 3. The molecule has 0 aromatic carbocycles. The number of carbonyl (C=O) groups is 3. The Labute approximate surface area is 378 Å². The van der Waals surface area contributed by atoms with Gasteiger partial charge in [0.05, 0.1) is 0 Å². The van der Waals surface area contributed by atoms with Crippen molar-refractivity contribution in [2.75, 3.05) is 13.2 Å². The zero-order valence-corrected chi connectivity index (χ0v) is 40.7. The van der Waals surface area contributed by atoms with E-state index in [9.17, 15) is 14.4 Å². The van der Waals surface area contributed by atoms with Crippen LogP contribution in [-0.4, -0.2) is 37.2 Å². The van der Waals surface area contributed by atoms with E-state index in [2.05, 4.69) is 57.2 Å². The van der Waals surface area contributed by atoms with E-state index in [1.54, 1.807) is 0 Å². The third-order valence-corrected chi connectivity index (χ3v) is 11.6. The first kappa shape index (κ1) is 58.6. The van der Waals surface area contributed by atoms with E-state index in [0.29, 0.717) is 19.3 Å². The van der Waals surface area contributed by atoms with Crippen molar-refractivity contribution >= 4 is 17.9 Å². The van der Waals surface area contributed by atoms with E-state index in [1.807, 2.05) is 0 Å². The molecule has 0 saturated carbocycles. The quantitative estimate of drug-likeness (QED) is 0.0262. The maximum absolute atomic E-state index is 12.8. The fraction of sp³-hybridized carbons (Fsp3) is 0.836. The molecule has 0 radical (unpaired) electrons. The minimum Gasteiger partial charge on any atom is -0.462 e. The highest BCUT2D eigenvalue weighted by atomic mass is 16.6. The molecule has 6 heteroatoms. The second-order valence-corrected chi connectivity index (χ2v) is 17.8. The Morgan fingerprint density at radius 1 is 0.344 bits per heavy atom. The zero-order valence-electron chi connectivity index (χ0n) is 40.7. The lowest BCUT2D eigenvalue weighted by atomic mass is 10.0. The fourth-order valence-electron chi connectivity index (χ4n) is 7.64. The molecule has 0 aliphatic carbocycles. The molecule has 0 aliphatic rings. The normalized spacial score (nSPS) is 12.2. The van der Waals surface area contributed by atoms with Gasteiger partial charge in [0.15, 0.2) is 6.10 Å². The topological polar surface area (TPSA) is 78.9 Å². The lowest BCUT2D eigenvalue weighted by molar-refractivity contribution is -0.167. The Bertz CT molecular complexity index is 1030. The first-order chi connectivity index (χ1) is 30.0. The van der Waals surface area contributed by atoms with E-state index in [1.165, 1.54) is 141 Å². The van der Waals surface area contributed by atoms with E-state index in [-0.39, 0.29) is 31.1 Å². The van der Waals surface area contributed by atoms with E-state index >= 15 is 0 Å². The molecular weight excluding hydrogens is 757 g/mol. The van der Waals surface area contributed by atoms with Crippen molar-refractivity contribution in [1.29, 1.82) is 0 Å². The Morgan fingerprint density at radius 3 is 1.05 bits per heavy atom. The third kappa shape index (κ3) is 48.5. The van der Waals surface area contributed by atoms with Crippen LogP contribution in [0.25, 0.3) is 0 Å². The standard InChI is InChI=1S/C55H100O6/c1-4-7-10-13-16-19-22-24-26-27-28-29-30-32-33-36-39-42-45-48-54(57)60-51-52(50-59-53(56)47-44-41-38-35-21-18-15-12-9-6-3)61-55(58)49-46-43-40-37-34-31-25-23-20-17-14-11-8-5-2/h8,11,15,17-18,20,52H,4-7,9-10,12-14,16,19,21-51H2,1-3H3/b11-8-,18-15-,20-17-. The van der Waals surface area contributed by atoms with Crippen LogP contribution in [-0.2, 0) is 28.6 Å². The first-order valence-corrected chi connectivity index (χ1v) is 26.5. The number of unbranched alkanes of at least 4 members (excludes halogenated alkanes) is 31. The van der Waals surface area contributed by atoms with Gasteiger partial charge in [-0.05, 0) is 64.2 Å². The van der Waals surface area contributed by atoms with Crippen molar-refractivity contribution in [3.05, 3.63) is 36.5 Å². The molecule has 0 rings (SSSR count). The number of carbonyl (C=O) groups excluding carboxylic acids is 3. The van der Waals surface area contributed by atoms with E-state index in [0.717, 1.165) is 96.3 Å². The lowest BCUT2D eigenvalue weighted by Crippen LogP contribution is -2.30. The molecule has 0 amide bonds. The summed E-state index contributed by atoms with van der Waals surface area (Å²) in [7, 11) is 0. The lowest BCUT2D eigenvalue weighted by Gasteiger charge is -2.18. The maximum atomic E-state index is 12.8. The van der Waals surface area contributed by atoms with Gasteiger partial charge in [0.1, 0.15) is 13.2 Å². The molecule has 356 valence electrons. The Morgan fingerprint density at radius 2 is 0.656 bits per heavy atom. The second kappa shape index (κ2) is 50.3. The van der Waals surface area contributed by atoms with Gasteiger partial charge in [0.2, 0.25) is 0 Å². The highest BCUT2D eigenvalue weighted by Crippen LogP contribution is 2.16. The first-order valence-electron chi connectivity index (χ1n) is 26.5. The summed E-state index contributed by atoms with van der Waals surface area (Å²) >= 11 is 0. The molecular formula is C55H100O6. The summed E-state index contributed by atoms with van der Waals surface area (Å²) < 4.78 is 16.8. The molecule has 0 N–H and O–H groups in total. The average Bonchev–Trinajstić information content (AvgIpc) is 3.26. The van der Waals surface area contributed by atoms with Crippen LogP contribution in [0.1, 0.15) is 278 Å². The fourth-order valence-corrected chi connectivity index (χ4v) is 7.64. The van der Waals surface area contributed by atoms with Gasteiger partial charge in [0.25, 0.3) is 0 Å². The maximum Gasteiger partial charge on any atom is 0.306 e. The van der Waals surface area contributed by atoms with Crippen LogP contribution in [0.3, 0.4) is 0 Å². The highest BCUT2D eigenvalue weighted by molar-refractivity contribution is 5.71. The van der Waals surface area contributed by atoms with E-state index < -0.39 is 6.10 Å². The van der Waals surface area contributed by atoms with Crippen LogP contribution in [0.2, 0.25) is 0 Å². The number of hydrogen-bond donors (Lipinski definition) is 0. The van der Waals surface area contributed by atoms with Crippen LogP contribution in [0.15, 0.2) is 36.5 Å². The summed E-state index contributed by atoms with van der Waals surface area (Å²) in [6.45, 7) is 6.50. The Kier molecular flexibility index (Phi) is 48.3. The van der Waals surface area contributed by atoms with Crippen molar-refractivity contribution in [2.45, 2.75) is 284 Å². The van der Waals surface area contributed by atoms with Gasteiger partial charge < -0.3 is 14.2 Å². The van der Waals surface area contributed by atoms with Crippen LogP contribution in [0.5, 0.6) is 0 Å².